The Morgan fingerprint density at radius 1 is 1.42 bits per heavy atom. The van der Waals surface area contributed by atoms with Gasteiger partial charge < -0.3 is 10.5 Å². The molecule has 1 aromatic carbocycles. The van der Waals surface area contributed by atoms with Crippen LogP contribution in [0.1, 0.15) is 5.56 Å². The lowest BCUT2D eigenvalue weighted by Gasteiger charge is -2.14. The minimum Gasteiger partial charge on any atom is -0.495 e. The number of nitrogens with zero attached hydrogens (tertiary/aromatic N) is 1. The fourth-order valence-electron chi connectivity index (χ4n) is 1.61. The first-order chi connectivity index (χ1) is 9.08. The topological polar surface area (TPSA) is 110 Å². The van der Waals surface area contributed by atoms with E-state index in [-0.39, 0.29) is 11.6 Å². The fourth-order valence-corrected chi connectivity index (χ4v) is 2.64. The van der Waals surface area contributed by atoms with Gasteiger partial charge in [0.1, 0.15) is 5.75 Å². The summed E-state index contributed by atoms with van der Waals surface area (Å²) in [7, 11) is -2.28. The molecule has 0 amide bonds. The Bertz CT molecular complexity index is 630. The van der Waals surface area contributed by atoms with Crippen molar-refractivity contribution in [3.05, 3.63) is 36.0 Å². The molecule has 0 atom stereocenters. The highest BCUT2D eigenvalue weighted by Gasteiger charge is 2.19. The quantitative estimate of drug-likeness (QED) is 0.747. The number of methoxy groups -OCH3 is 1. The second-order valence-corrected chi connectivity index (χ2v) is 5.38. The van der Waals surface area contributed by atoms with Gasteiger partial charge in [-0.05, 0) is 17.7 Å². The van der Waals surface area contributed by atoms with Crippen LogP contribution in [0.2, 0.25) is 0 Å². The highest BCUT2D eigenvalue weighted by atomic mass is 32.2. The number of nitrogens with one attached hydrogen (secondary N) is 2. The normalized spacial score (nSPS) is 11.3. The molecule has 0 radical (unpaired) electrons. The third-order valence-electron chi connectivity index (χ3n) is 2.55. The van der Waals surface area contributed by atoms with E-state index in [1.54, 1.807) is 18.2 Å². The van der Waals surface area contributed by atoms with E-state index >= 15 is 0 Å². The van der Waals surface area contributed by atoms with Crippen LogP contribution < -0.4 is 15.2 Å². The Hall–Kier alpha value is -2.06. The molecule has 2 aromatic rings. The average molecular weight is 282 g/mol. The Morgan fingerprint density at radius 2 is 2.21 bits per heavy atom. The van der Waals surface area contributed by atoms with Crippen molar-refractivity contribution in [2.45, 2.75) is 11.6 Å². The smallest absolute Gasteiger partial charge is 0.278 e. The summed E-state index contributed by atoms with van der Waals surface area (Å²) in [5.74, 6) is 0.408. The van der Waals surface area contributed by atoms with Crippen LogP contribution in [0, 0.1) is 0 Å². The molecule has 0 aliphatic carbocycles. The van der Waals surface area contributed by atoms with E-state index in [0.717, 1.165) is 0 Å². The standard InChI is InChI=1S/C11H14N4O3S/c1-18-9-4-2-3-8(7-12)11(9)15-19(16,17)10-5-6-13-14-10/h2-6,15H,7,12H2,1H3,(H,13,14). The van der Waals surface area contributed by atoms with E-state index in [4.69, 9.17) is 10.5 Å². The number of hydrogen-bond acceptors (Lipinski definition) is 5. The van der Waals surface area contributed by atoms with Crippen LogP contribution in [0.15, 0.2) is 35.5 Å². The Labute approximate surface area is 110 Å². The molecule has 4 N–H and O–H groups in total. The predicted molar refractivity (Wildman–Crippen MR) is 70.3 cm³/mol. The summed E-state index contributed by atoms with van der Waals surface area (Å²) >= 11 is 0. The van der Waals surface area contributed by atoms with Gasteiger partial charge in [-0.25, -0.2) is 0 Å². The highest BCUT2D eigenvalue weighted by molar-refractivity contribution is 7.92. The molecule has 0 aliphatic heterocycles. The Morgan fingerprint density at radius 3 is 2.79 bits per heavy atom. The van der Waals surface area contributed by atoms with E-state index in [1.807, 2.05) is 0 Å². The number of sulfonamides is 1. The number of benzene rings is 1. The Balaban J connectivity index is 2.44. The number of hydrogen-bond donors (Lipinski definition) is 3. The third-order valence-corrected chi connectivity index (χ3v) is 3.83. The van der Waals surface area contributed by atoms with Crippen LogP contribution in [0.5, 0.6) is 5.75 Å². The van der Waals surface area contributed by atoms with Gasteiger partial charge in [0.25, 0.3) is 10.0 Å². The number of nitrogens with two attached hydrogens (primary N) is 1. The summed E-state index contributed by atoms with van der Waals surface area (Å²) < 4.78 is 31.8. The van der Waals surface area contributed by atoms with E-state index in [0.29, 0.717) is 17.0 Å². The van der Waals surface area contributed by atoms with Crippen molar-refractivity contribution in [2.24, 2.45) is 5.73 Å². The van der Waals surface area contributed by atoms with Crippen LogP contribution in [0.3, 0.4) is 0 Å². The lowest BCUT2D eigenvalue weighted by Crippen LogP contribution is -2.16. The average Bonchev–Trinajstić information content (AvgIpc) is 2.93. The van der Waals surface area contributed by atoms with Crippen LogP contribution in [-0.4, -0.2) is 25.7 Å². The molecular weight excluding hydrogens is 268 g/mol. The maximum atomic E-state index is 12.1. The zero-order chi connectivity index (χ0) is 13.9. The van der Waals surface area contributed by atoms with Crippen molar-refractivity contribution >= 4 is 15.7 Å². The first-order valence-electron chi connectivity index (χ1n) is 5.46. The summed E-state index contributed by atoms with van der Waals surface area (Å²) in [6.07, 6.45) is 1.36. The van der Waals surface area contributed by atoms with Crippen molar-refractivity contribution in [1.82, 2.24) is 10.2 Å². The molecule has 1 aromatic heterocycles. The van der Waals surface area contributed by atoms with Gasteiger partial charge in [-0.1, -0.05) is 12.1 Å². The molecule has 0 bridgehead atoms. The first kappa shape index (κ1) is 13.4. The van der Waals surface area contributed by atoms with Gasteiger partial charge >= 0.3 is 0 Å². The summed E-state index contributed by atoms with van der Waals surface area (Å²) in [6, 6.07) is 6.49. The lowest BCUT2D eigenvalue weighted by atomic mass is 10.1. The molecule has 0 aliphatic rings. The number of anilines is 1. The number of para-hydroxylation sites is 1. The van der Waals surface area contributed by atoms with E-state index in [9.17, 15) is 8.42 Å². The van der Waals surface area contributed by atoms with Crippen LogP contribution in [0.25, 0.3) is 0 Å². The van der Waals surface area contributed by atoms with Gasteiger partial charge in [-0.3, -0.25) is 9.82 Å². The molecule has 0 saturated carbocycles. The largest absolute Gasteiger partial charge is 0.495 e. The molecule has 102 valence electrons. The second-order valence-electron chi connectivity index (χ2n) is 3.72. The van der Waals surface area contributed by atoms with Crippen molar-refractivity contribution in [2.75, 3.05) is 11.8 Å². The van der Waals surface area contributed by atoms with E-state index in [1.165, 1.54) is 19.4 Å². The van der Waals surface area contributed by atoms with Crippen LogP contribution in [0.4, 0.5) is 5.69 Å². The van der Waals surface area contributed by atoms with Crippen molar-refractivity contribution in [3.8, 4) is 5.75 Å². The monoisotopic (exact) mass is 282 g/mol. The summed E-state index contributed by atoms with van der Waals surface area (Å²) in [4.78, 5) is 0. The van der Waals surface area contributed by atoms with E-state index < -0.39 is 10.0 Å². The molecular formula is C11H14N4O3S. The van der Waals surface area contributed by atoms with Gasteiger partial charge in [0.2, 0.25) is 0 Å². The molecule has 2 rings (SSSR count). The number of rotatable bonds is 5. The summed E-state index contributed by atoms with van der Waals surface area (Å²) in [5, 5.41) is 5.99. The first-order valence-corrected chi connectivity index (χ1v) is 6.95. The van der Waals surface area contributed by atoms with Gasteiger partial charge in [0.05, 0.1) is 19.0 Å². The second kappa shape index (κ2) is 5.29. The van der Waals surface area contributed by atoms with Crippen molar-refractivity contribution in [1.29, 1.82) is 0 Å². The minimum absolute atomic E-state index is 0.0265. The van der Waals surface area contributed by atoms with Crippen molar-refractivity contribution < 1.29 is 13.2 Å². The molecule has 0 fully saturated rings. The zero-order valence-corrected chi connectivity index (χ0v) is 11.1. The maximum absolute atomic E-state index is 12.1. The van der Waals surface area contributed by atoms with Crippen LogP contribution >= 0.6 is 0 Å². The lowest BCUT2D eigenvalue weighted by molar-refractivity contribution is 0.416. The number of aromatic amines is 1. The highest BCUT2D eigenvalue weighted by Crippen LogP contribution is 2.30. The third kappa shape index (κ3) is 2.69. The number of aromatic nitrogens is 2. The number of ether oxygens (including phenoxy) is 1. The fraction of sp³-hybridized carbons (Fsp3) is 0.182. The zero-order valence-electron chi connectivity index (χ0n) is 10.3. The molecule has 19 heavy (non-hydrogen) atoms. The molecule has 8 heteroatoms. The predicted octanol–water partition coefficient (Wildman–Crippen LogP) is 0.678. The number of H-pyrrole nitrogens is 1. The SMILES string of the molecule is COc1cccc(CN)c1NS(=O)(=O)c1ccn[nH]1. The van der Waals surface area contributed by atoms with E-state index in [2.05, 4.69) is 14.9 Å². The molecule has 7 nitrogen and oxygen atoms in total. The Kier molecular flexibility index (Phi) is 3.72. The molecule has 1 heterocycles. The molecule has 0 saturated heterocycles. The molecule has 0 unspecified atom stereocenters. The summed E-state index contributed by atoms with van der Waals surface area (Å²) in [6.45, 7) is 0.192. The molecule has 0 spiro atoms. The van der Waals surface area contributed by atoms with Gasteiger partial charge in [-0.2, -0.15) is 13.5 Å². The maximum Gasteiger partial charge on any atom is 0.278 e. The van der Waals surface area contributed by atoms with Gasteiger partial charge in [0, 0.05) is 6.54 Å². The van der Waals surface area contributed by atoms with Gasteiger partial charge in [0.15, 0.2) is 5.03 Å². The summed E-state index contributed by atoms with van der Waals surface area (Å²) in [5.41, 5.74) is 6.58. The van der Waals surface area contributed by atoms with Gasteiger partial charge in [-0.15, -0.1) is 0 Å². The minimum atomic E-state index is -3.74. The van der Waals surface area contributed by atoms with Crippen LogP contribution in [-0.2, 0) is 16.6 Å². The van der Waals surface area contributed by atoms with Crippen molar-refractivity contribution in [3.63, 3.8) is 0 Å².